The first-order valence-electron chi connectivity index (χ1n) is 6.48. The maximum atomic E-state index is 11.8. The van der Waals surface area contributed by atoms with Gasteiger partial charge >= 0.3 is 5.97 Å². The molecule has 1 amide bonds. The van der Waals surface area contributed by atoms with Crippen molar-refractivity contribution in [2.45, 2.75) is 33.6 Å². The number of benzene rings is 1. The van der Waals surface area contributed by atoms with Crippen molar-refractivity contribution in [3.05, 3.63) is 33.4 Å². The number of nitro benzene ring substituents is 1. The maximum Gasteiger partial charge on any atom is 0.303 e. The molecule has 7 heteroatoms. The van der Waals surface area contributed by atoms with E-state index < -0.39 is 16.8 Å². The molecule has 21 heavy (non-hydrogen) atoms. The summed E-state index contributed by atoms with van der Waals surface area (Å²) in [6, 6.07) is 2.96. The quantitative estimate of drug-likeness (QED) is 0.619. The number of aryl methyl sites for hydroxylation is 2. The first-order valence-corrected chi connectivity index (χ1v) is 6.48. The van der Waals surface area contributed by atoms with E-state index in [1.54, 1.807) is 26.8 Å². The van der Waals surface area contributed by atoms with Crippen LogP contribution in [0.2, 0.25) is 0 Å². The standard InChI is InChI=1S/C14H18N2O5/c1-8(5-14(18)19)4-13(17)15-11-6-9(2)10(3)7-12(11)16(20)21/h6-8H,4-5H2,1-3H3,(H,15,17)(H,18,19). The van der Waals surface area contributed by atoms with E-state index in [9.17, 15) is 19.7 Å². The third-order valence-corrected chi connectivity index (χ3v) is 3.14. The number of carbonyl (C=O) groups excluding carboxylic acids is 1. The zero-order valence-corrected chi connectivity index (χ0v) is 12.2. The average Bonchev–Trinajstić information content (AvgIpc) is 2.31. The number of aliphatic carboxylic acids is 1. The van der Waals surface area contributed by atoms with Gasteiger partial charge < -0.3 is 10.4 Å². The van der Waals surface area contributed by atoms with Gasteiger partial charge in [-0.05, 0) is 37.0 Å². The zero-order valence-electron chi connectivity index (χ0n) is 12.2. The Balaban J connectivity index is 2.87. The van der Waals surface area contributed by atoms with Crippen molar-refractivity contribution in [2.75, 3.05) is 5.32 Å². The molecule has 7 nitrogen and oxygen atoms in total. The van der Waals surface area contributed by atoms with Crippen molar-refractivity contribution in [3.63, 3.8) is 0 Å². The summed E-state index contributed by atoms with van der Waals surface area (Å²) in [6.07, 6.45) is -0.126. The van der Waals surface area contributed by atoms with Crippen molar-refractivity contribution < 1.29 is 19.6 Å². The number of nitrogens with one attached hydrogen (secondary N) is 1. The van der Waals surface area contributed by atoms with Gasteiger partial charge in [0.05, 0.1) is 4.92 Å². The van der Waals surface area contributed by atoms with Crippen LogP contribution in [-0.4, -0.2) is 21.9 Å². The number of hydrogen-bond acceptors (Lipinski definition) is 4. The van der Waals surface area contributed by atoms with Crippen molar-refractivity contribution in [3.8, 4) is 0 Å². The summed E-state index contributed by atoms with van der Waals surface area (Å²) < 4.78 is 0. The number of rotatable bonds is 6. The Kier molecular flexibility index (Phi) is 5.40. The smallest absolute Gasteiger partial charge is 0.303 e. The van der Waals surface area contributed by atoms with Crippen LogP contribution in [0.15, 0.2) is 12.1 Å². The molecule has 0 aliphatic heterocycles. The molecule has 0 aliphatic rings. The van der Waals surface area contributed by atoms with Gasteiger partial charge in [0.25, 0.3) is 5.69 Å². The number of hydrogen-bond donors (Lipinski definition) is 2. The lowest BCUT2D eigenvalue weighted by Crippen LogP contribution is -2.17. The van der Waals surface area contributed by atoms with Gasteiger partial charge in [0, 0.05) is 18.9 Å². The first kappa shape index (κ1) is 16.6. The number of amides is 1. The Labute approximate surface area is 122 Å². The number of anilines is 1. The largest absolute Gasteiger partial charge is 0.481 e. The predicted molar refractivity (Wildman–Crippen MR) is 77.2 cm³/mol. The number of carboxylic acid groups (broad SMARTS) is 1. The second-order valence-electron chi connectivity index (χ2n) is 5.17. The Bertz CT molecular complexity index is 583. The van der Waals surface area contributed by atoms with E-state index in [0.717, 1.165) is 11.1 Å². The Hall–Kier alpha value is -2.44. The van der Waals surface area contributed by atoms with Crippen LogP contribution in [0.5, 0.6) is 0 Å². The van der Waals surface area contributed by atoms with Crippen LogP contribution < -0.4 is 5.32 Å². The fourth-order valence-corrected chi connectivity index (χ4v) is 1.94. The molecule has 1 rings (SSSR count). The van der Waals surface area contributed by atoms with Gasteiger partial charge in [0.15, 0.2) is 0 Å². The number of nitro groups is 1. The van der Waals surface area contributed by atoms with Gasteiger partial charge in [-0.25, -0.2) is 0 Å². The molecule has 0 fully saturated rings. The third kappa shape index (κ3) is 4.87. The SMILES string of the molecule is Cc1cc(NC(=O)CC(C)CC(=O)O)c([N+](=O)[O-])cc1C. The number of carbonyl (C=O) groups is 2. The van der Waals surface area contributed by atoms with Gasteiger partial charge in [-0.1, -0.05) is 6.92 Å². The monoisotopic (exact) mass is 294 g/mol. The fraction of sp³-hybridized carbons (Fsp3) is 0.429. The highest BCUT2D eigenvalue weighted by Crippen LogP contribution is 2.28. The fourth-order valence-electron chi connectivity index (χ4n) is 1.94. The van der Waals surface area contributed by atoms with E-state index in [4.69, 9.17) is 5.11 Å². The minimum absolute atomic E-state index is 0.00359. The summed E-state index contributed by atoms with van der Waals surface area (Å²) in [5, 5.41) is 22.2. The molecule has 0 heterocycles. The minimum atomic E-state index is -0.979. The summed E-state index contributed by atoms with van der Waals surface area (Å²) in [5.41, 5.74) is 1.56. The summed E-state index contributed by atoms with van der Waals surface area (Å²) >= 11 is 0. The highest BCUT2D eigenvalue weighted by atomic mass is 16.6. The number of nitrogens with zero attached hydrogens (tertiary/aromatic N) is 1. The van der Waals surface area contributed by atoms with E-state index in [-0.39, 0.29) is 30.1 Å². The minimum Gasteiger partial charge on any atom is -0.481 e. The molecule has 0 saturated heterocycles. The van der Waals surface area contributed by atoms with E-state index in [2.05, 4.69) is 5.32 Å². The highest BCUT2D eigenvalue weighted by Gasteiger charge is 2.19. The summed E-state index contributed by atoms with van der Waals surface area (Å²) in [6.45, 7) is 5.19. The molecule has 0 aromatic heterocycles. The van der Waals surface area contributed by atoms with Crippen LogP contribution in [0.4, 0.5) is 11.4 Å². The Morgan fingerprint density at radius 2 is 1.86 bits per heavy atom. The van der Waals surface area contributed by atoms with Crippen LogP contribution >= 0.6 is 0 Å². The van der Waals surface area contributed by atoms with Crippen LogP contribution in [0.25, 0.3) is 0 Å². The number of carboxylic acids is 1. The van der Waals surface area contributed by atoms with Crippen molar-refractivity contribution in [1.82, 2.24) is 0 Å². The van der Waals surface area contributed by atoms with Gasteiger partial charge in [0.1, 0.15) is 5.69 Å². The summed E-state index contributed by atoms with van der Waals surface area (Å²) in [7, 11) is 0. The third-order valence-electron chi connectivity index (χ3n) is 3.14. The predicted octanol–water partition coefficient (Wildman–Crippen LogP) is 2.65. The molecule has 0 radical (unpaired) electrons. The normalized spacial score (nSPS) is 11.8. The first-order chi connectivity index (χ1) is 9.70. The van der Waals surface area contributed by atoms with Crippen LogP contribution in [0, 0.1) is 29.9 Å². The van der Waals surface area contributed by atoms with E-state index in [0.29, 0.717) is 0 Å². The van der Waals surface area contributed by atoms with Crippen LogP contribution in [0.1, 0.15) is 30.9 Å². The molecule has 1 unspecified atom stereocenters. The lowest BCUT2D eigenvalue weighted by Gasteiger charge is -2.11. The molecule has 0 bridgehead atoms. The molecule has 0 saturated carbocycles. The lowest BCUT2D eigenvalue weighted by atomic mass is 10.0. The van der Waals surface area contributed by atoms with E-state index >= 15 is 0 Å². The molecular weight excluding hydrogens is 276 g/mol. The van der Waals surface area contributed by atoms with Crippen LogP contribution in [-0.2, 0) is 9.59 Å². The van der Waals surface area contributed by atoms with Crippen molar-refractivity contribution >= 4 is 23.3 Å². The van der Waals surface area contributed by atoms with E-state index in [1.165, 1.54) is 6.07 Å². The maximum absolute atomic E-state index is 11.8. The topological polar surface area (TPSA) is 110 Å². The second kappa shape index (κ2) is 6.83. The molecule has 1 atom stereocenters. The van der Waals surface area contributed by atoms with Gasteiger partial charge in [-0.2, -0.15) is 0 Å². The van der Waals surface area contributed by atoms with Gasteiger partial charge in [0.2, 0.25) is 5.91 Å². The lowest BCUT2D eigenvalue weighted by molar-refractivity contribution is -0.384. The van der Waals surface area contributed by atoms with Gasteiger partial charge in [-0.3, -0.25) is 19.7 Å². The molecule has 2 N–H and O–H groups in total. The summed E-state index contributed by atoms with van der Waals surface area (Å²) in [4.78, 5) is 32.9. The molecular formula is C14H18N2O5. The molecule has 114 valence electrons. The van der Waals surface area contributed by atoms with Gasteiger partial charge in [-0.15, -0.1) is 0 Å². The zero-order chi connectivity index (χ0) is 16.2. The van der Waals surface area contributed by atoms with Crippen molar-refractivity contribution in [2.24, 2.45) is 5.92 Å². The van der Waals surface area contributed by atoms with Crippen molar-refractivity contribution in [1.29, 1.82) is 0 Å². The summed E-state index contributed by atoms with van der Waals surface area (Å²) in [5.74, 6) is -1.75. The average molecular weight is 294 g/mol. The second-order valence-corrected chi connectivity index (χ2v) is 5.17. The Morgan fingerprint density at radius 3 is 2.38 bits per heavy atom. The van der Waals surface area contributed by atoms with E-state index in [1.807, 2.05) is 0 Å². The van der Waals surface area contributed by atoms with Crippen LogP contribution in [0.3, 0.4) is 0 Å². The Morgan fingerprint density at radius 1 is 1.29 bits per heavy atom. The molecule has 0 spiro atoms. The molecule has 1 aromatic rings. The highest BCUT2D eigenvalue weighted by molar-refractivity contribution is 5.93. The molecule has 0 aliphatic carbocycles. The molecule has 1 aromatic carbocycles.